The Hall–Kier alpha value is -3.21. The summed E-state index contributed by atoms with van der Waals surface area (Å²) in [7, 11) is 4.10. The number of aromatic nitrogens is 3. The number of nitrogens with zero attached hydrogens (tertiary/aromatic N) is 5. The smallest absolute Gasteiger partial charge is 0.368 e. The van der Waals surface area contributed by atoms with Crippen LogP contribution in [0.3, 0.4) is 0 Å². The number of halogens is 4. The van der Waals surface area contributed by atoms with Crippen molar-refractivity contribution in [2.24, 2.45) is 0 Å². The van der Waals surface area contributed by atoms with Crippen LogP contribution in [0.5, 0.6) is 0 Å². The molecule has 2 aromatic heterocycles. The Morgan fingerprint density at radius 1 is 1.24 bits per heavy atom. The molecule has 1 aliphatic rings. The van der Waals surface area contributed by atoms with Crippen LogP contribution in [0.25, 0.3) is 5.65 Å². The fourth-order valence-corrected chi connectivity index (χ4v) is 4.35. The number of alkyl halides is 3. The minimum atomic E-state index is -4.82. The molecule has 182 valence electrons. The molecular formula is C23H26F4N6O. The van der Waals surface area contributed by atoms with Gasteiger partial charge in [0.25, 0.3) is 5.91 Å². The van der Waals surface area contributed by atoms with Crippen molar-refractivity contribution in [1.82, 2.24) is 24.8 Å². The number of nitrogens with one attached hydrogen (secondary N) is 1. The van der Waals surface area contributed by atoms with E-state index in [0.717, 1.165) is 37.7 Å². The Morgan fingerprint density at radius 2 is 1.94 bits per heavy atom. The maximum absolute atomic E-state index is 14.5. The molecule has 1 aliphatic heterocycles. The highest BCUT2D eigenvalue weighted by Gasteiger charge is 2.35. The van der Waals surface area contributed by atoms with Gasteiger partial charge in [-0.05, 0) is 46.0 Å². The van der Waals surface area contributed by atoms with Crippen LogP contribution in [-0.2, 0) is 6.18 Å². The molecule has 7 nitrogen and oxygen atoms in total. The summed E-state index contributed by atoms with van der Waals surface area (Å²) in [5.74, 6) is -1.94. The van der Waals surface area contributed by atoms with Crippen molar-refractivity contribution in [2.45, 2.75) is 38.0 Å². The second-order valence-electron chi connectivity index (χ2n) is 8.73. The average molecular weight is 478 g/mol. The summed E-state index contributed by atoms with van der Waals surface area (Å²) < 4.78 is 55.3. The molecule has 3 aromatic rings. The maximum Gasteiger partial charge on any atom is 0.419 e. The SMILES string of the molecule is C[C@@H](NC(=O)c1cc(N2CCC(N(C)C)CC2)c2ncnn2c1)c1cccc(C(F)(F)F)c1F. The quantitative estimate of drug-likeness (QED) is 0.564. The zero-order valence-corrected chi connectivity index (χ0v) is 19.1. The third-order valence-corrected chi connectivity index (χ3v) is 6.30. The first-order valence-corrected chi connectivity index (χ1v) is 11.0. The number of benzene rings is 1. The Bertz CT molecular complexity index is 1180. The minimum absolute atomic E-state index is 0.240. The Kier molecular flexibility index (Phi) is 6.48. The molecule has 34 heavy (non-hydrogen) atoms. The first-order valence-electron chi connectivity index (χ1n) is 11.0. The lowest BCUT2D eigenvalue weighted by molar-refractivity contribution is -0.140. The van der Waals surface area contributed by atoms with E-state index in [1.165, 1.54) is 30.0 Å². The molecule has 0 unspecified atom stereocenters. The molecule has 0 bridgehead atoms. The summed E-state index contributed by atoms with van der Waals surface area (Å²) in [5.41, 5.74) is 0.00795. The fourth-order valence-electron chi connectivity index (χ4n) is 4.35. The molecule has 1 saturated heterocycles. The predicted molar refractivity (Wildman–Crippen MR) is 119 cm³/mol. The lowest BCUT2D eigenvalue weighted by Gasteiger charge is -2.36. The Labute approximate surface area is 194 Å². The molecule has 1 aromatic carbocycles. The highest BCUT2D eigenvalue weighted by molar-refractivity contribution is 5.96. The molecule has 1 amide bonds. The first kappa shape index (κ1) is 23.9. The normalized spacial score (nSPS) is 16.3. The predicted octanol–water partition coefficient (Wildman–Crippen LogP) is 3.91. The van der Waals surface area contributed by atoms with Crippen molar-refractivity contribution >= 4 is 17.2 Å². The second kappa shape index (κ2) is 9.21. The summed E-state index contributed by atoms with van der Waals surface area (Å²) in [4.78, 5) is 21.7. The molecule has 0 aliphatic carbocycles. The van der Waals surface area contributed by atoms with Crippen molar-refractivity contribution in [2.75, 3.05) is 32.1 Å². The van der Waals surface area contributed by atoms with Gasteiger partial charge in [0.05, 0.1) is 22.9 Å². The number of piperidine rings is 1. The van der Waals surface area contributed by atoms with Gasteiger partial charge in [0.15, 0.2) is 5.65 Å². The fraction of sp³-hybridized carbons (Fsp3) is 0.435. The zero-order chi connectivity index (χ0) is 24.6. The molecule has 0 spiro atoms. The number of rotatable bonds is 5. The number of amides is 1. The number of hydrogen-bond acceptors (Lipinski definition) is 5. The van der Waals surface area contributed by atoms with Crippen LogP contribution in [0.2, 0.25) is 0 Å². The molecule has 0 saturated carbocycles. The van der Waals surface area contributed by atoms with Gasteiger partial charge in [-0.1, -0.05) is 12.1 Å². The highest BCUT2D eigenvalue weighted by atomic mass is 19.4. The number of pyridine rings is 1. The molecule has 4 rings (SSSR count). The van der Waals surface area contributed by atoms with E-state index in [0.29, 0.717) is 17.8 Å². The topological polar surface area (TPSA) is 65.8 Å². The molecule has 1 atom stereocenters. The van der Waals surface area contributed by atoms with E-state index >= 15 is 0 Å². The third kappa shape index (κ3) is 4.70. The van der Waals surface area contributed by atoms with Gasteiger partial charge in [-0.15, -0.1) is 0 Å². The molecule has 1 N–H and O–H groups in total. The van der Waals surface area contributed by atoms with Gasteiger partial charge < -0.3 is 15.1 Å². The van der Waals surface area contributed by atoms with Crippen molar-refractivity contribution < 1.29 is 22.4 Å². The van der Waals surface area contributed by atoms with E-state index in [1.807, 2.05) is 0 Å². The summed E-state index contributed by atoms with van der Waals surface area (Å²) >= 11 is 0. The van der Waals surface area contributed by atoms with E-state index < -0.39 is 29.5 Å². The number of fused-ring (bicyclic) bond motifs is 1. The van der Waals surface area contributed by atoms with E-state index in [2.05, 4.69) is 39.3 Å². The number of carbonyl (C=O) groups is 1. The summed E-state index contributed by atoms with van der Waals surface area (Å²) in [6.45, 7) is 3.00. The monoisotopic (exact) mass is 478 g/mol. The van der Waals surface area contributed by atoms with Crippen molar-refractivity contribution in [3.8, 4) is 0 Å². The van der Waals surface area contributed by atoms with Crippen LogP contribution in [0.15, 0.2) is 36.8 Å². The van der Waals surface area contributed by atoms with Crippen LogP contribution in [0, 0.1) is 5.82 Å². The lowest BCUT2D eigenvalue weighted by Crippen LogP contribution is -2.42. The molecule has 3 heterocycles. The summed E-state index contributed by atoms with van der Waals surface area (Å²) in [6.07, 6.45) is -0.0152. The average Bonchev–Trinajstić information content (AvgIpc) is 3.26. The van der Waals surface area contributed by atoms with E-state index in [-0.39, 0.29) is 11.1 Å². The third-order valence-electron chi connectivity index (χ3n) is 6.30. The van der Waals surface area contributed by atoms with Crippen molar-refractivity contribution in [3.05, 3.63) is 59.3 Å². The summed E-state index contributed by atoms with van der Waals surface area (Å²) in [5, 5.41) is 6.76. The van der Waals surface area contributed by atoms with Gasteiger partial charge in [-0.3, -0.25) is 4.79 Å². The lowest BCUT2D eigenvalue weighted by atomic mass is 10.0. The van der Waals surface area contributed by atoms with E-state index in [9.17, 15) is 22.4 Å². The first-order chi connectivity index (χ1) is 16.1. The number of carbonyl (C=O) groups excluding carboxylic acids is 1. The minimum Gasteiger partial charge on any atom is -0.368 e. The van der Waals surface area contributed by atoms with Gasteiger partial charge in [-0.2, -0.15) is 18.3 Å². The van der Waals surface area contributed by atoms with Gasteiger partial charge >= 0.3 is 6.18 Å². The Morgan fingerprint density at radius 3 is 2.59 bits per heavy atom. The zero-order valence-electron chi connectivity index (χ0n) is 19.1. The second-order valence-corrected chi connectivity index (χ2v) is 8.73. The van der Waals surface area contributed by atoms with Crippen molar-refractivity contribution in [1.29, 1.82) is 0 Å². The van der Waals surface area contributed by atoms with E-state index in [4.69, 9.17) is 0 Å². The molecule has 0 radical (unpaired) electrons. The van der Waals surface area contributed by atoms with Crippen LogP contribution >= 0.6 is 0 Å². The Balaban J connectivity index is 1.58. The van der Waals surface area contributed by atoms with Gasteiger partial charge in [0.1, 0.15) is 12.1 Å². The maximum atomic E-state index is 14.5. The van der Waals surface area contributed by atoms with Gasteiger partial charge in [0.2, 0.25) is 0 Å². The standard InChI is InChI=1S/C23H26F4N6O/c1-14(17-5-4-6-18(20(17)24)23(25,26)27)30-22(34)15-11-19(21-28-13-29-33(21)12-15)32-9-7-16(8-10-32)31(2)3/h4-6,11-14,16H,7-10H2,1-3H3,(H,30,34)/t14-/m1/s1. The van der Waals surface area contributed by atoms with E-state index in [1.54, 1.807) is 6.07 Å². The van der Waals surface area contributed by atoms with Crippen LogP contribution < -0.4 is 10.2 Å². The van der Waals surface area contributed by atoms with Gasteiger partial charge in [0, 0.05) is 30.9 Å². The highest BCUT2D eigenvalue weighted by Crippen LogP contribution is 2.34. The molecule has 11 heteroatoms. The molecular weight excluding hydrogens is 452 g/mol. The number of anilines is 1. The van der Waals surface area contributed by atoms with Crippen LogP contribution in [0.4, 0.5) is 23.2 Å². The van der Waals surface area contributed by atoms with Gasteiger partial charge in [-0.25, -0.2) is 13.9 Å². The van der Waals surface area contributed by atoms with Crippen LogP contribution in [0.1, 0.15) is 47.3 Å². The largest absolute Gasteiger partial charge is 0.419 e. The van der Waals surface area contributed by atoms with Crippen LogP contribution in [-0.4, -0.2) is 58.6 Å². The van der Waals surface area contributed by atoms with Crippen molar-refractivity contribution in [3.63, 3.8) is 0 Å². The summed E-state index contributed by atoms with van der Waals surface area (Å²) in [6, 6.07) is 4.22. The number of hydrogen-bond donors (Lipinski definition) is 1. The molecule has 1 fully saturated rings.